The smallest absolute Gasteiger partial charge is 0.328 e. The molecular weight excluding hydrogens is 478 g/mol. The van der Waals surface area contributed by atoms with Gasteiger partial charge in [0.1, 0.15) is 12.1 Å². The van der Waals surface area contributed by atoms with Crippen molar-refractivity contribution in [3.05, 3.63) is 60.2 Å². The maximum absolute atomic E-state index is 12.9. The zero-order chi connectivity index (χ0) is 25.6. The van der Waals surface area contributed by atoms with E-state index in [9.17, 15) is 14.4 Å². The van der Waals surface area contributed by atoms with Gasteiger partial charge in [-0.1, -0.05) is 43.2 Å². The number of ether oxygens (including phenoxy) is 1. The molecule has 1 saturated carbocycles. The molecule has 1 fully saturated rings. The molecule has 0 saturated heterocycles. The van der Waals surface area contributed by atoms with Crippen LogP contribution in [0.1, 0.15) is 75.8 Å². The van der Waals surface area contributed by atoms with E-state index in [-0.39, 0.29) is 30.3 Å². The number of carbonyl (C=O) groups excluding carboxylic acids is 3. The van der Waals surface area contributed by atoms with Gasteiger partial charge in [-0.15, -0.1) is 0 Å². The van der Waals surface area contributed by atoms with Crippen molar-refractivity contribution in [3.8, 4) is 0 Å². The van der Waals surface area contributed by atoms with Crippen LogP contribution in [-0.4, -0.2) is 29.1 Å². The molecule has 1 aliphatic rings. The van der Waals surface area contributed by atoms with Crippen LogP contribution < -0.4 is 15.5 Å². The van der Waals surface area contributed by atoms with Crippen LogP contribution in [0, 0.1) is 0 Å². The molecule has 194 valence electrons. The van der Waals surface area contributed by atoms with Crippen molar-refractivity contribution >= 4 is 35.4 Å². The summed E-state index contributed by atoms with van der Waals surface area (Å²) in [4.78, 5) is 37.0. The molecule has 0 radical (unpaired) electrons. The predicted molar refractivity (Wildman–Crippen MR) is 139 cm³/mol. The molecule has 2 amide bonds. The lowest BCUT2D eigenvalue weighted by atomic mass is 10.1. The standard InChI is InChI=1S/C27H35N3O5S/c31-24(14-6-1-2-7-15-25(32)29-34)28-21-16-18-23(19-17-21)36-30-26(20-10-4-3-5-11-20)27(33)35-22-12-8-9-13-22/h3-5,10-11,16-19,22,26,30,34H,1-2,6-9,12-15H2,(H,28,31)(H,29,32). The van der Waals surface area contributed by atoms with Gasteiger partial charge in [0, 0.05) is 23.4 Å². The maximum Gasteiger partial charge on any atom is 0.328 e. The summed E-state index contributed by atoms with van der Waals surface area (Å²) in [6, 6.07) is 16.4. The Morgan fingerprint density at radius 2 is 1.53 bits per heavy atom. The third kappa shape index (κ3) is 9.64. The molecule has 1 aliphatic carbocycles. The van der Waals surface area contributed by atoms with E-state index in [0.29, 0.717) is 18.5 Å². The van der Waals surface area contributed by atoms with Gasteiger partial charge >= 0.3 is 5.97 Å². The van der Waals surface area contributed by atoms with E-state index in [4.69, 9.17) is 9.94 Å². The molecule has 1 atom stereocenters. The van der Waals surface area contributed by atoms with Crippen molar-refractivity contribution in [3.63, 3.8) is 0 Å². The first-order valence-electron chi connectivity index (χ1n) is 12.6. The lowest BCUT2D eigenvalue weighted by Crippen LogP contribution is -2.28. The second kappa shape index (κ2) is 15.3. The Morgan fingerprint density at radius 3 is 2.17 bits per heavy atom. The lowest BCUT2D eigenvalue weighted by molar-refractivity contribution is -0.151. The molecule has 8 nitrogen and oxygen atoms in total. The Hall–Kier alpha value is -2.88. The number of hydrogen-bond donors (Lipinski definition) is 4. The van der Waals surface area contributed by atoms with E-state index in [2.05, 4.69) is 10.0 Å². The fourth-order valence-electron chi connectivity index (χ4n) is 4.07. The molecule has 1 unspecified atom stereocenters. The third-order valence-electron chi connectivity index (χ3n) is 6.07. The van der Waals surface area contributed by atoms with Crippen molar-refractivity contribution in [2.45, 2.75) is 81.2 Å². The zero-order valence-corrected chi connectivity index (χ0v) is 21.2. The van der Waals surface area contributed by atoms with Crippen molar-refractivity contribution in [2.24, 2.45) is 0 Å². The first-order valence-corrected chi connectivity index (χ1v) is 13.4. The summed E-state index contributed by atoms with van der Waals surface area (Å²) in [5.41, 5.74) is 3.18. The molecule has 36 heavy (non-hydrogen) atoms. The number of amides is 2. The number of anilines is 1. The molecular formula is C27H35N3O5S. The molecule has 3 rings (SSSR count). The second-order valence-electron chi connectivity index (χ2n) is 8.93. The maximum atomic E-state index is 12.9. The van der Waals surface area contributed by atoms with Gasteiger partial charge < -0.3 is 10.1 Å². The van der Waals surface area contributed by atoms with Crippen LogP contribution in [0.4, 0.5) is 5.69 Å². The number of benzene rings is 2. The predicted octanol–water partition coefficient (Wildman–Crippen LogP) is 5.29. The van der Waals surface area contributed by atoms with E-state index in [0.717, 1.165) is 55.4 Å². The normalized spacial score (nSPS) is 14.2. The van der Waals surface area contributed by atoms with Crippen molar-refractivity contribution < 1.29 is 24.3 Å². The topological polar surface area (TPSA) is 117 Å². The summed E-state index contributed by atoms with van der Waals surface area (Å²) in [5, 5.41) is 11.4. The van der Waals surface area contributed by atoms with E-state index in [1.165, 1.54) is 11.9 Å². The van der Waals surface area contributed by atoms with Gasteiger partial charge in [0.2, 0.25) is 11.8 Å². The summed E-state index contributed by atoms with van der Waals surface area (Å²) < 4.78 is 9.02. The average molecular weight is 514 g/mol. The summed E-state index contributed by atoms with van der Waals surface area (Å²) in [6.45, 7) is 0. The minimum atomic E-state index is -0.575. The number of nitrogens with one attached hydrogen (secondary N) is 3. The minimum absolute atomic E-state index is 0.00571. The van der Waals surface area contributed by atoms with Gasteiger partial charge in [-0.2, -0.15) is 0 Å². The van der Waals surface area contributed by atoms with E-state index >= 15 is 0 Å². The molecule has 0 bridgehead atoms. The number of esters is 1. The SMILES string of the molecule is O=C(CCCCCCC(=O)Nc1ccc(SNC(C(=O)OC2CCCC2)c2ccccc2)cc1)NO. The van der Waals surface area contributed by atoms with Crippen LogP contribution in [0.15, 0.2) is 59.5 Å². The van der Waals surface area contributed by atoms with Gasteiger partial charge in [-0.3, -0.25) is 14.8 Å². The molecule has 0 aliphatic heterocycles. The van der Waals surface area contributed by atoms with Crippen LogP contribution in [0.5, 0.6) is 0 Å². The molecule has 4 N–H and O–H groups in total. The largest absolute Gasteiger partial charge is 0.461 e. The molecule has 9 heteroatoms. The average Bonchev–Trinajstić information content (AvgIpc) is 3.40. The fourth-order valence-corrected chi connectivity index (χ4v) is 4.83. The molecule has 2 aromatic carbocycles. The van der Waals surface area contributed by atoms with Crippen LogP contribution in [0.2, 0.25) is 0 Å². The number of carbonyl (C=O) groups is 3. The fraction of sp³-hybridized carbons (Fsp3) is 0.444. The van der Waals surface area contributed by atoms with Crippen molar-refractivity contribution in [1.29, 1.82) is 0 Å². The third-order valence-corrected chi connectivity index (χ3v) is 6.93. The van der Waals surface area contributed by atoms with Gasteiger partial charge in [0.15, 0.2) is 0 Å². The molecule has 2 aromatic rings. The van der Waals surface area contributed by atoms with Crippen LogP contribution in [0.25, 0.3) is 0 Å². The van der Waals surface area contributed by atoms with E-state index in [1.54, 1.807) is 5.48 Å². The highest BCUT2D eigenvalue weighted by molar-refractivity contribution is 7.97. The molecule has 0 spiro atoms. The first kappa shape index (κ1) is 27.7. The Balaban J connectivity index is 1.43. The lowest BCUT2D eigenvalue weighted by Gasteiger charge is -2.20. The van der Waals surface area contributed by atoms with E-state index < -0.39 is 6.04 Å². The van der Waals surface area contributed by atoms with Crippen LogP contribution >= 0.6 is 11.9 Å². The van der Waals surface area contributed by atoms with Crippen LogP contribution in [-0.2, 0) is 19.1 Å². The number of rotatable bonds is 14. The highest BCUT2D eigenvalue weighted by Crippen LogP contribution is 2.27. The van der Waals surface area contributed by atoms with Gasteiger partial charge in [-0.25, -0.2) is 15.0 Å². The quantitative estimate of drug-likeness (QED) is 0.0891. The molecule has 0 aromatic heterocycles. The minimum Gasteiger partial charge on any atom is -0.461 e. The number of unbranched alkanes of at least 4 members (excludes halogenated alkanes) is 3. The second-order valence-corrected chi connectivity index (χ2v) is 9.84. The van der Waals surface area contributed by atoms with Gasteiger partial charge in [-0.05, 0) is 80.3 Å². The molecule has 0 heterocycles. The van der Waals surface area contributed by atoms with Crippen molar-refractivity contribution in [1.82, 2.24) is 10.2 Å². The highest BCUT2D eigenvalue weighted by atomic mass is 32.2. The van der Waals surface area contributed by atoms with Gasteiger partial charge in [0.05, 0.1) is 0 Å². The highest BCUT2D eigenvalue weighted by Gasteiger charge is 2.27. The zero-order valence-electron chi connectivity index (χ0n) is 20.4. The van der Waals surface area contributed by atoms with Crippen molar-refractivity contribution in [2.75, 3.05) is 5.32 Å². The summed E-state index contributed by atoms with van der Waals surface area (Å²) in [6.07, 6.45) is 7.86. The number of hydrogen-bond acceptors (Lipinski definition) is 7. The Labute approximate surface area is 216 Å². The van der Waals surface area contributed by atoms with Crippen LogP contribution in [0.3, 0.4) is 0 Å². The Kier molecular flexibility index (Phi) is 11.8. The monoisotopic (exact) mass is 513 g/mol. The first-order chi connectivity index (χ1) is 17.5. The summed E-state index contributed by atoms with van der Waals surface area (Å²) >= 11 is 1.35. The Morgan fingerprint density at radius 1 is 0.889 bits per heavy atom. The summed E-state index contributed by atoms with van der Waals surface area (Å²) in [5.74, 6) is -0.703. The number of hydroxylamine groups is 1. The summed E-state index contributed by atoms with van der Waals surface area (Å²) in [7, 11) is 0. The van der Waals surface area contributed by atoms with E-state index in [1.807, 2.05) is 54.6 Å². The Bertz CT molecular complexity index is 965. The van der Waals surface area contributed by atoms with Gasteiger partial charge in [0.25, 0.3) is 0 Å².